The molecule has 1 aliphatic rings. The van der Waals surface area contributed by atoms with Gasteiger partial charge >= 0.3 is 5.97 Å². The molecule has 1 saturated heterocycles. The molecule has 1 fully saturated rings. The van der Waals surface area contributed by atoms with Gasteiger partial charge in [0.05, 0.1) is 6.61 Å². The molecule has 1 N–H and O–H groups in total. The van der Waals surface area contributed by atoms with Crippen LogP contribution in [0.25, 0.3) is 0 Å². The summed E-state index contributed by atoms with van der Waals surface area (Å²) in [5.74, 6) is 0.0285. The zero-order valence-corrected chi connectivity index (χ0v) is 8.89. The van der Waals surface area contributed by atoms with E-state index in [4.69, 9.17) is 14.6 Å². The number of hydrogen-bond acceptors (Lipinski definition) is 3. The lowest BCUT2D eigenvalue weighted by molar-refractivity contribution is -0.136. The van der Waals surface area contributed by atoms with Crippen LogP contribution in [0.4, 0.5) is 0 Å². The third-order valence-corrected chi connectivity index (χ3v) is 2.39. The number of carbonyl (C=O) groups is 1. The van der Waals surface area contributed by atoms with Crippen molar-refractivity contribution >= 4 is 5.97 Å². The van der Waals surface area contributed by atoms with Crippen LogP contribution < -0.4 is 4.74 Å². The molecule has 0 unspecified atom stereocenters. The highest BCUT2D eigenvalue weighted by molar-refractivity contribution is 5.67. The molecule has 16 heavy (non-hydrogen) atoms. The summed E-state index contributed by atoms with van der Waals surface area (Å²) in [5, 5.41) is 8.54. The van der Waals surface area contributed by atoms with Gasteiger partial charge < -0.3 is 14.6 Å². The number of rotatable bonds is 6. The van der Waals surface area contributed by atoms with Gasteiger partial charge in [-0.1, -0.05) is 12.1 Å². The molecule has 0 radical (unpaired) electrons. The summed E-state index contributed by atoms with van der Waals surface area (Å²) in [7, 11) is 0. The minimum Gasteiger partial charge on any atom is -0.491 e. The highest BCUT2D eigenvalue weighted by atomic mass is 16.6. The minimum absolute atomic E-state index is 0.163. The van der Waals surface area contributed by atoms with Crippen molar-refractivity contribution in [2.24, 2.45) is 0 Å². The van der Waals surface area contributed by atoms with Gasteiger partial charge in [-0.25, -0.2) is 0 Å². The molecule has 86 valence electrons. The lowest BCUT2D eigenvalue weighted by Gasteiger charge is -2.05. The summed E-state index contributed by atoms with van der Waals surface area (Å²) < 4.78 is 10.5. The van der Waals surface area contributed by atoms with E-state index in [-0.39, 0.29) is 12.5 Å². The molecule has 0 saturated carbocycles. The normalized spacial score (nSPS) is 18.1. The summed E-state index contributed by atoms with van der Waals surface area (Å²) in [6.45, 7) is 1.38. The fourth-order valence-corrected chi connectivity index (χ4v) is 1.36. The zero-order valence-electron chi connectivity index (χ0n) is 8.89. The van der Waals surface area contributed by atoms with Gasteiger partial charge in [-0.3, -0.25) is 4.79 Å². The predicted molar refractivity (Wildman–Crippen MR) is 57.6 cm³/mol. The molecular formula is C12H14O4. The maximum absolute atomic E-state index is 10.4. The number of aryl methyl sites for hydroxylation is 1. The third-order valence-electron chi connectivity index (χ3n) is 2.39. The van der Waals surface area contributed by atoms with Crippen LogP contribution in [0, 0.1) is 0 Å². The number of ether oxygens (including phenoxy) is 2. The standard InChI is InChI=1S/C12H14O4/c13-12(14)6-3-9-1-4-10(5-2-9)15-7-11-8-16-11/h1-2,4-5,11H,3,6-8H2,(H,13,14)/t11-/m0/s1. The first-order valence-electron chi connectivity index (χ1n) is 5.29. The molecule has 2 rings (SSSR count). The molecule has 0 bridgehead atoms. The topological polar surface area (TPSA) is 59.1 Å². The van der Waals surface area contributed by atoms with Crippen LogP contribution in [0.2, 0.25) is 0 Å². The van der Waals surface area contributed by atoms with Crippen LogP contribution >= 0.6 is 0 Å². The van der Waals surface area contributed by atoms with E-state index in [0.717, 1.165) is 17.9 Å². The molecule has 0 aliphatic carbocycles. The Bertz CT molecular complexity index is 354. The van der Waals surface area contributed by atoms with Crippen molar-refractivity contribution in [1.82, 2.24) is 0 Å². The number of hydrogen-bond donors (Lipinski definition) is 1. The molecule has 0 amide bonds. The van der Waals surface area contributed by atoms with Gasteiger partial charge in [0.15, 0.2) is 0 Å². The van der Waals surface area contributed by atoms with E-state index in [9.17, 15) is 4.79 Å². The molecule has 4 nitrogen and oxygen atoms in total. The highest BCUT2D eigenvalue weighted by Crippen LogP contribution is 2.16. The first-order chi connectivity index (χ1) is 7.74. The molecular weight excluding hydrogens is 208 g/mol. The van der Waals surface area contributed by atoms with E-state index < -0.39 is 5.97 Å². The average molecular weight is 222 g/mol. The van der Waals surface area contributed by atoms with Crippen molar-refractivity contribution in [3.05, 3.63) is 29.8 Å². The van der Waals surface area contributed by atoms with Crippen LogP contribution in [0.5, 0.6) is 5.75 Å². The number of benzene rings is 1. The van der Waals surface area contributed by atoms with Crippen molar-refractivity contribution < 1.29 is 19.4 Å². The second-order valence-electron chi connectivity index (χ2n) is 3.80. The van der Waals surface area contributed by atoms with Crippen LogP contribution in [-0.4, -0.2) is 30.4 Å². The smallest absolute Gasteiger partial charge is 0.303 e. The van der Waals surface area contributed by atoms with E-state index in [1.54, 1.807) is 0 Å². The van der Waals surface area contributed by atoms with Gasteiger partial charge in [0.25, 0.3) is 0 Å². The van der Waals surface area contributed by atoms with Crippen LogP contribution in [0.1, 0.15) is 12.0 Å². The fraction of sp³-hybridized carbons (Fsp3) is 0.417. The lowest BCUT2D eigenvalue weighted by atomic mass is 10.1. The first-order valence-corrected chi connectivity index (χ1v) is 5.29. The van der Waals surface area contributed by atoms with E-state index in [2.05, 4.69) is 0 Å². The zero-order chi connectivity index (χ0) is 11.4. The second-order valence-corrected chi connectivity index (χ2v) is 3.80. The molecule has 0 aromatic heterocycles. The summed E-state index contributed by atoms with van der Waals surface area (Å²) in [4.78, 5) is 10.4. The monoisotopic (exact) mass is 222 g/mol. The van der Waals surface area contributed by atoms with E-state index in [1.165, 1.54) is 0 Å². The van der Waals surface area contributed by atoms with Crippen molar-refractivity contribution in [1.29, 1.82) is 0 Å². The number of epoxide rings is 1. The number of carboxylic acids is 1. The first kappa shape index (κ1) is 11.0. The summed E-state index contributed by atoms with van der Waals surface area (Å²) in [6, 6.07) is 7.51. The Labute approximate surface area is 93.8 Å². The van der Waals surface area contributed by atoms with Crippen molar-refractivity contribution in [3.63, 3.8) is 0 Å². The van der Waals surface area contributed by atoms with Gasteiger partial charge in [0.2, 0.25) is 0 Å². The Hall–Kier alpha value is -1.55. The Morgan fingerprint density at radius 1 is 1.44 bits per heavy atom. The summed E-state index contributed by atoms with van der Waals surface area (Å²) in [5.41, 5.74) is 1.01. The fourth-order valence-electron chi connectivity index (χ4n) is 1.36. The number of aliphatic carboxylic acids is 1. The van der Waals surface area contributed by atoms with E-state index >= 15 is 0 Å². The lowest BCUT2D eigenvalue weighted by Crippen LogP contribution is -2.04. The van der Waals surface area contributed by atoms with Crippen molar-refractivity contribution in [2.75, 3.05) is 13.2 Å². The number of carboxylic acid groups (broad SMARTS) is 1. The highest BCUT2D eigenvalue weighted by Gasteiger charge is 2.22. The second kappa shape index (κ2) is 4.99. The van der Waals surface area contributed by atoms with Gasteiger partial charge in [0.1, 0.15) is 18.5 Å². The minimum atomic E-state index is -0.772. The van der Waals surface area contributed by atoms with Crippen LogP contribution in [0.3, 0.4) is 0 Å². The average Bonchev–Trinajstić information content (AvgIpc) is 3.09. The molecule has 1 aliphatic heterocycles. The summed E-state index contributed by atoms with van der Waals surface area (Å²) >= 11 is 0. The maximum atomic E-state index is 10.4. The summed E-state index contributed by atoms with van der Waals surface area (Å²) in [6.07, 6.45) is 0.976. The molecule has 0 spiro atoms. The van der Waals surface area contributed by atoms with Gasteiger partial charge in [0, 0.05) is 6.42 Å². The van der Waals surface area contributed by atoms with Crippen molar-refractivity contribution in [3.8, 4) is 5.75 Å². The Morgan fingerprint density at radius 3 is 2.69 bits per heavy atom. The molecule has 1 aromatic rings. The van der Waals surface area contributed by atoms with Gasteiger partial charge in [-0.2, -0.15) is 0 Å². The van der Waals surface area contributed by atoms with Gasteiger partial charge in [-0.05, 0) is 24.1 Å². The Morgan fingerprint density at radius 2 is 2.12 bits per heavy atom. The van der Waals surface area contributed by atoms with Crippen LogP contribution in [-0.2, 0) is 16.0 Å². The van der Waals surface area contributed by atoms with Crippen molar-refractivity contribution in [2.45, 2.75) is 18.9 Å². The van der Waals surface area contributed by atoms with E-state index in [1.807, 2.05) is 24.3 Å². The SMILES string of the molecule is O=C(O)CCc1ccc(OC[C@H]2CO2)cc1. The largest absolute Gasteiger partial charge is 0.491 e. The maximum Gasteiger partial charge on any atom is 0.303 e. The quantitative estimate of drug-likeness (QED) is 0.741. The molecule has 4 heteroatoms. The molecule has 1 aromatic carbocycles. The molecule has 1 heterocycles. The molecule has 1 atom stereocenters. The van der Waals surface area contributed by atoms with Crippen LogP contribution in [0.15, 0.2) is 24.3 Å². The Balaban J connectivity index is 1.80. The predicted octanol–water partition coefficient (Wildman–Crippen LogP) is 1.48. The van der Waals surface area contributed by atoms with E-state index in [0.29, 0.717) is 13.0 Å². The third kappa shape index (κ3) is 3.55. The Kier molecular flexibility index (Phi) is 3.41. The van der Waals surface area contributed by atoms with Gasteiger partial charge in [-0.15, -0.1) is 0 Å².